The maximum Gasteiger partial charge on any atom is 0.223 e. The van der Waals surface area contributed by atoms with Crippen molar-refractivity contribution in [1.82, 2.24) is 13.9 Å². The van der Waals surface area contributed by atoms with E-state index in [1.54, 1.807) is 18.1 Å². The van der Waals surface area contributed by atoms with Gasteiger partial charge in [-0.2, -0.15) is 0 Å². The number of fused-ring (bicyclic) bond motifs is 1. The van der Waals surface area contributed by atoms with E-state index in [9.17, 15) is 0 Å². The van der Waals surface area contributed by atoms with Crippen molar-refractivity contribution in [1.29, 1.82) is 0 Å². The molecule has 4 nitrogen and oxygen atoms in total. The first-order valence-corrected chi connectivity index (χ1v) is 11.6. The van der Waals surface area contributed by atoms with E-state index < -0.39 is 0 Å². The van der Waals surface area contributed by atoms with Crippen LogP contribution in [0.3, 0.4) is 0 Å². The van der Waals surface area contributed by atoms with E-state index in [2.05, 4.69) is 69.0 Å². The van der Waals surface area contributed by atoms with Crippen LogP contribution in [0, 0.1) is 0 Å². The average Bonchev–Trinajstić information content (AvgIpc) is 3.15. The van der Waals surface area contributed by atoms with Crippen LogP contribution in [0.4, 0.5) is 5.95 Å². The number of rotatable bonds is 5. The molecule has 4 aromatic rings. The summed E-state index contributed by atoms with van der Waals surface area (Å²) < 4.78 is 2.19. The van der Waals surface area contributed by atoms with Crippen LogP contribution in [0.15, 0.2) is 71.9 Å². The van der Waals surface area contributed by atoms with Crippen LogP contribution in [-0.2, 0) is 0 Å². The first kappa shape index (κ1) is 19.5. The number of hydrogen-bond acceptors (Lipinski definition) is 4. The van der Waals surface area contributed by atoms with Crippen LogP contribution in [0.5, 0.6) is 0 Å². The Labute approximate surface area is 185 Å². The van der Waals surface area contributed by atoms with Gasteiger partial charge in [0, 0.05) is 28.1 Å². The molecule has 6 heteroatoms. The number of benzene rings is 2. The van der Waals surface area contributed by atoms with Gasteiger partial charge in [-0.3, -0.25) is 3.97 Å². The van der Waals surface area contributed by atoms with E-state index in [0.29, 0.717) is 17.0 Å². The number of aromatic nitrogens is 3. The van der Waals surface area contributed by atoms with E-state index in [1.165, 1.54) is 37.0 Å². The highest BCUT2D eigenvalue weighted by Crippen LogP contribution is 2.37. The second-order valence-electron chi connectivity index (χ2n) is 7.66. The van der Waals surface area contributed by atoms with Crippen molar-refractivity contribution >= 4 is 40.4 Å². The Morgan fingerprint density at radius 3 is 2.57 bits per heavy atom. The molecule has 30 heavy (non-hydrogen) atoms. The topological polar surface area (TPSA) is 42.7 Å². The third kappa shape index (κ3) is 4.05. The highest BCUT2D eigenvalue weighted by Gasteiger charge is 2.18. The third-order valence-corrected chi connectivity index (χ3v) is 6.82. The molecule has 0 spiro atoms. The van der Waals surface area contributed by atoms with Crippen molar-refractivity contribution in [2.45, 2.75) is 43.0 Å². The van der Waals surface area contributed by atoms with E-state index in [0.717, 1.165) is 22.2 Å². The fourth-order valence-corrected chi connectivity index (χ4v) is 5.18. The highest BCUT2D eigenvalue weighted by molar-refractivity contribution is 7.98. The zero-order valence-corrected chi connectivity index (χ0v) is 18.2. The maximum absolute atomic E-state index is 6.57. The molecular formula is C24H23ClN4S. The van der Waals surface area contributed by atoms with Gasteiger partial charge < -0.3 is 5.32 Å². The molecule has 1 N–H and O–H groups in total. The molecule has 1 aliphatic rings. The second kappa shape index (κ2) is 8.70. The molecule has 0 amide bonds. The van der Waals surface area contributed by atoms with Gasteiger partial charge in [0.1, 0.15) is 0 Å². The number of halogens is 1. The van der Waals surface area contributed by atoms with Gasteiger partial charge in [0.15, 0.2) is 0 Å². The van der Waals surface area contributed by atoms with Crippen molar-refractivity contribution in [2.75, 3.05) is 5.32 Å². The maximum atomic E-state index is 6.57. The monoisotopic (exact) mass is 434 g/mol. The molecule has 152 valence electrons. The molecule has 1 aliphatic carbocycles. The Kier molecular flexibility index (Phi) is 5.65. The van der Waals surface area contributed by atoms with Crippen LogP contribution in [0.2, 0.25) is 5.02 Å². The van der Waals surface area contributed by atoms with Gasteiger partial charge in [-0.15, -0.1) is 0 Å². The van der Waals surface area contributed by atoms with Gasteiger partial charge in [0.05, 0.1) is 22.4 Å². The number of para-hydroxylation sites is 1. The quantitative estimate of drug-likeness (QED) is 0.365. The summed E-state index contributed by atoms with van der Waals surface area (Å²) in [5.74, 6) is 0.661. The zero-order valence-electron chi connectivity index (χ0n) is 16.6. The Hall–Kier alpha value is -2.50. The summed E-state index contributed by atoms with van der Waals surface area (Å²) in [6.45, 7) is 0. The van der Waals surface area contributed by atoms with Crippen LogP contribution in [-0.4, -0.2) is 20.0 Å². The smallest absolute Gasteiger partial charge is 0.223 e. The average molecular weight is 435 g/mol. The molecule has 2 heterocycles. The zero-order chi connectivity index (χ0) is 20.3. The van der Waals surface area contributed by atoms with Crippen LogP contribution >= 0.6 is 23.5 Å². The Balaban J connectivity index is 1.53. The van der Waals surface area contributed by atoms with E-state index in [1.807, 2.05) is 6.07 Å². The molecule has 2 aromatic carbocycles. The summed E-state index contributed by atoms with van der Waals surface area (Å²) in [5.41, 5.74) is 2.93. The lowest BCUT2D eigenvalue weighted by atomic mass is 9.96. The molecule has 0 saturated heterocycles. The molecular weight excluding hydrogens is 412 g/mol. The van der Waals surface area contributed by atoms with Crippen molar-refractivity contribution in [2.24, 2.45) is 0 Å². The fourth-order valence-electron chi connectivity index (χ4n) is 4.06. The summed E-state index contributed by atoms with van der Waals surface area (Å²) in [4.78, 5) is 10.5. The first-order valence-electron chi connectivity index (χ1n) is 10.4. The second-order valence-corrected chi connectivity index (χ2v) is 9.11. The van der Waals surface area contributed by atoms with Gasteiger partial charge in [-0.05, 0) is 43.0 Å². The molecule has 1 fully saturated rings. The molecule has 0 bridgehead atoms. The highest BCUT2D eigenvalue weighted by atomic mass is 35.5. The lowest BCUT2D eigenvalue weighted by molar-refractivity contribution is 0.461. The van der Waals surface area contributed by atoms with Crippen molar-refractivity contribution in [3.63, 3.8) is 0 Å². The van der Waals surface area contributed by atoms with Crippen molar-refractivity contribution in [3.05, 3.63) is 72.0 Å². The Morgan fingerprint density at radius 1 is 0.967 bits per heavy atom. The minimum atomic E-state index is 0.447. The minimum absolute atomic E-state index is 0.447. The van der Waals surface area contributed by atoms with Crippen LogP contribution < -0.4 is 5.32 Å². The van der Waals surface area contributed by atoms with Crippen LogP contribution in [0.1, 0.15) is 32.1 Å². The largest absolute Gasteiger partial charge is 0.351 e. The van der Waals surface area contributed by atoms with Crippen molar-refractivity contribution in [3.8, 4) is 11.3 Å². The lowest BCUT2D eigenvalue weighted by Gasteiger charge is -2.22. The van der Waals surface area contributed by atoms with Gasteiger partial charge in [-0.25, -0.2) is 9.97 Å². The molecule has 0 unspecified atom stereocenters. The number of anilines is 1. The third-order valence-electron chi connectivity index (χ3n) is 5.56. The first-order chi connectivity index (χ1) is 14.8. The fraction of sp³-hybridized carbons (Fsp3) is 0.250. The lowest BCUT2D eigenvalue weighted by Crippen LogP contribution is -2.23. The summed E-state index contributed by atoms with van der Waals surface area (Å²) in [6, 6.07) is 19.2. The summed E-state index contributed by atoms with van der Waals surface area (Å²) in [5, 5.41) is 5.22. The molecule has 0 radical (unpaired) electrons. The Morgan fingerprint density at radius 2 is 1.73 bits per heavy atom. The Bertz CT molecular complexity index is 1150. The van der Waals surface area contributed by atoms with Gasteiger partial charge in [0.2, 0.25) is 5.95 Å². The SMILES string of the molecule is Clc1cnc(NC2CCCCC2)nc1-c1cn(Sc2ccccc2)c2ccccc12. The summed E-state index contributed by atoms with van der Waals surface area (Å²) in [6.07, 6.45) is 10.0. The normalized spacial score (nSPS) is 14.8. The molecule has 2 aromatic heterocycles. The van der Waals surface area contributed by atoms with E-state index in [-0.39, 0.29) is 0 Å². The van der Waals surface area contributed by atoms with E-state index >= 15 is 0 Å². The molecule has 1 saturated carbocycles. The molecule has 0 atom stereocenters. The predicted molar refractivity (Wildman–Crippen MR) is 126 cm³/mol. The van der Waals surface area contributed by atoms with Crippen LogP contribution in [0.25, 0.3) is 22.2 Å². The summed E-state index contributed by atoms with van der Waals surface area (Å²) in [7, 11) is 0. The van der Waals surface area contributed by atoms with Gasteiger partial charge in [0.25, 0.3) is 0 Å². The number of nitrogens with zero attached hydrogens (tertiary/aromatic N) is 3. The summed E-state index contributed by atoms with van der Waals surface area (Å²) >= 11 is 8.26. The van der Waals surface area contributed by atoms with Crippen molar-refractivity contribution < 1.29 is 0 Å². The molecule has 5 rings (SSSR count). The van der Waals surface area contributed by atoms with E-state index in [4.69, 9.17) is 16.6 Å². The number of hydrogen-bond donors (Lipinski definition) is 1. The van der Waals surface area contributed by atoms with Gasteiger partial charge >= 0.3 is 0 Å². The van der Waals surface area contributed by atoms with Gasteiger partial charge in [-0.1, -0.05) is 67.3 Å². The predicted octanol–water partition coefficient (Wildman–Crippen LogP) is 7.05. The number of nitrogens with one attached hydrogen (secondary N) is 1. The molecule has 0 aliphatic heterocycles. The standard InChI is InChI=1S/C24H23ClN4S/c25-21-15-26-24(27-17-9-3-1-4-10-17)28-23(21)20-16-29(22-14-8-7-13-19(20)22)30-18-11-5-2-6-12-18/h2,5-8,11-17H,1,3-4,9-10H2,(H,26,27,28). The minimum Gasteiger partial charge on any atom is -0.351 e.